The van der Waals surface area contributed by atoms with Gasteiger partial charge in [0.05, 0.1) is 17.9 Å². The summed E-state index contributed by atoms with van der Waals surface area (Å²) in [5.41, 5.74) is 1.26. The van der Waals surface area contributed by atoms with Gasteiger partial charge in [-0.25, -0.2) is 4.39 Å². The zero-order valence-corrected chi connectivity index (χ0v) is 13.8. The summed E-state index contributed by atoms with van der Waals surface area (Å²) in [4.78, 5) is 4.25. The number of rotatable bonds is 3. The van der Waals surface area contributed by atoms with Gasteiger partial charge in [-0.15, -0.1) is 0 Å². The number of hydrogen-bond donors (Lipinski definition) is 1. The first-order chi connectivity index (χ1) is 8.56. The maximum absolute atomic E-state index is 13.5. The molecule has 0 saturated heterocycles. The molecule has 2 nitrogen and oxygen atoms in total. The van der Waals surface area contributed by atoms with Crippen LogP contribution in [-0.2, 0) is 6.54 Å². The van der Waals surface area contributed by atoms with E-state index in [-0.39, 0.29) is 5.82 Å². The zero-order valence-electron chi connectivity index (χ0n) is 9.05. The lowest BCUT2D eigenvalue weighted by atomic mass is 10.3. The van der Waals surface area contributed by atoms with E-state index in [0.717, 1.165) is 19.1 Å². The monoisotopic (exact) mass is 436 g/mol. The Morgan fingerprint density at radius 2 is 1.89 bits per heavy atom. The lowest BCUT2D eigenvalue weighted by molar-refractivity contribution is 0.629. The molecule has 0 aliphatic rings. The van der Waals surface area contributed by atoms with Crippen molar-refractivity contribution in [3.05, 3.63) is 55.4 Å². The van der Waals surface area contributed by atoms with Crippen molar-refractivity contribution in [1.29, 1.82) is 0 Å². The number of anilines is 1. The van der Waals surface area contributed by atoms with Gasteiger partial charge < -0.3 is 5.32 Å². The van der Waals surface area contributed by atoms with E-state index >= 15 is 0 Å². The molecule has 2 aromatic rings. The van der Waals surface area contributed by atoms with Crippen LogP contribution in [0.4, 0.5) is 10.1 Å². The summed E-state index contributed by atoms with van der Waals surface area (Å²) < 4.78 is 16.1. The number of halogens is 4. The van der Waals surface area contributed by atoms with Crippen molar-refractivity contribution in [3.63, 3.8) is 0 Å². The van der Waals surface area contributed by atoms with E-state index < -0.39 is 0 Å². The molecule has 0 saturated carbocycles. The van der Waals surface area contributed by atoms with Crippen LogP contribution in [0.15, 0.2) is 43.9 Å². The molecular formula is C12H8Br3FN2. The predicted octanol–water partition coefficient (Wildman–Crippen LogP) is 5.12. The minimum atomic E-state index is -0.286. The summed E-state index contributed by atoms with van der Waals surface area (Å²) in [7, 11) is 0. The number of pyridine rings is 1. The van der Waals surface area contributed by atoms with Gasteiger partial charge in [-0.05, 0) is 56.1 Å². The standard InChI is InChI=1S/C12H8Br3FN2/c13-7-1-2-10(16)11(4-7)18-6-12-9(15)3-8(14)5-17-12/h1-5,18H,6H2. The van der Waals surface area contributed by atoms with Gasteiger partial charge in [-0.1, -0.05) is 15.9 Å². The maximum Gasteiger partial charge on any atom is 0.146 e. The highest BCUT2D eigenvalue weighted by Crippen LogP contribution is 2.23. The van der Waals surface area contributed by atoms with Crippen molar-refractivity contribution in [1.82, 2.24) is 4.98 Å². The van der Waals surface area contributed by atoms with Gasteiger partial charge in [0, 0.05) is 19.6 Å². The van der Waals surface area contributed by atoms with Crippen molar-refractivity contribution in [2.75, 3.05) is 5.32 Å². The van der Waals surface area contributed by atoms with E-state index in [9.17, 15) is 4.39 Å². The number of nitrogens with one attached hydrogen (secondary N) is 1. The third-order valence-electron chi connectivity index (χ3n) is 2.26. The van der Waals surface area contributed by atoms with Crippen LogP contribution in [0.5, 0.6) is 0 Å². The Morgan fingerprint density at radius 1 is 1.11 bits per heavy atom. The maximum atomic E-state index is 13.5. The van der Waals surface area contributed by atoms with Crippen molar-refractivity contribution >= 4 is 53.5 Å². The fourth-order valence-corrected chi connectivity index (χ4v) is 2.87. The van der Waals surface area contributed by atoms with Gasteiger partial charge in [0.15, 0.2) is 0 Å². The van der Waals surface area contributed by atoms with Gasteiger partial charge in [0.1, 0.15) is 5.82 Å². The van der Waals surface area contributed by atoms with E-state index in [1.54, 1.807) is 18.3 Å². The number of benzene rings is 1. The van der Waals surface area contributed by atoms with Crippen molar-refractivity contribution < 1.29 is 4.39 Å². The Morgan fingerprint density at radius 3 is 2.61 bits per heavy atom. The minimum absolute atomic E-state index is 0.286. The van der Waals surface area contributed by atoms with Crippen LogP contribution in [0.2, 0.25) is 0 Å². The van der Waals surface area contributed by atoms with Gasteiger partial charge in [0.25, 0.3) is 0 Å². The van der Waals surface area contributed by atoms with Gasteiger partial charge >= 0.3 is 0 Å². The second-order valence-corrected chi connectivity index (χ2v) is 6.25. The first-order valence-corrected chi connectivity index (χ1v) is 7.43. The first-order valence-electron chi connectivity index (χ1n) is 5.05. The fraction of sp³-hybridized carbons (Fsp3) is 0.0833. The molecule has 0 amide bonds. The van der Waals surface area contributed by atoms with Crippen LogP contribution in [-0.4, -0.2) is 4.98 Å². The van der Waals surface area contributed by atoms with Crippen LogP contribution in [0.25, 0.3) is 0 Å². The third kappa shape index (κ3) is 3.52. The lowest BCUT2D eigenvalue weighted by Crippen LogP contribution is -2.04. The summed E-state index contributed by atoms with van der Waals surface area (Å²) >= 11 is 10.1. The molecule has 0 spiro atoms. The van der Waals surface area contributed by atoms with Crippen LogP contribution in [0, 0.1) is 5.82 Å². The van der Waals surface area contributed by atoms with E-state index in [1.807, 2.05) is 6.07 Å². The molecule has 0 unspecified atom stereocenters. The number of aromatic nitrogens is 1. The highest BCUT2D eigenvalue weighted by Gasteiger charge is 2.05. The van der Waals surface area contributed by atoms with Crippen molar-refractivity contribution in [2.45, 2.75) is 6.54 Å². The van der Waals surface area contributed by atoms with Crippen LogP contribution in [0.3, 0.4) is 0 Å². The average Bonchev–Trinajstić information content (AvgIpc) is 2.32. The second-order valence-electron chi connectivity index (χ2n) is 3.56. The van der Waals surface area contributed by atoms with Crippen molar-refractivity contribution in [2.24, 2.45) is 0 Å². The number of nitrogens with zero attached hydrogens (tertiary/aromatic N) is 1. The predicted molar refractivity (Wildman–Crippen MR) is 81.1 cm³/mol. The molecule has 0 aliphatic heterocycles. The first kappa shape index (κ1) is 14.0. The molecular weight excluding hydrogens is 431 g/mol. The number of hydrogen-bond acceptors (Lipinski definition) is 2. The summed E-state index contributed by atoms with van der Waals surface area (Å²) in [5.74, 6) is -0.286. The van der Waals surface area contributed by atoms with Crippen molar-refractivity contribution in [3.8, 4) is 0 Å². The Labute approximate surface area is 129 Å². The van der Waals surface area contributed by atoms with E-state index in [4.69, 9.17) is 0 Å². The Kier molecular flexibility index (Phi) is 4.75. The molecule has 0 atom stereocenters. The van der Waals surface area contributed by atoms with E-state index in [1.165, 1.54) is 6.07 Å². The molecule has 1 aromatic carbocycles. The lowest BCUT2D eigenvalue weighted by Gasteiger charge is -2.09. The van der Waals surface area contributed by atoms with Crippen LogP contribution < -0.4 is 5.32 Å². The van der Waals surface area contributed by atoms with Gasteiger partial charge in [-0.3, -0.25) is 4.98 Å². The van der Waals surface area contributed by atoms with Gasteiger partial charge in [-0.2, -0.15) is 0 Å². The topological polar surface area (TPSA) is 24.9 Å². The normalized spacial score (nSPS) is 10.4. The van der Waals surface area contributed by atoms with Crippen LogP contribution in [0.1, 0.15) is 5.69 Å². The highest BCUT2D eigenvalue weighted by molar-refractivity contribution is 9.11. The third-order valence-corrected chi connectivity index (χ3v) is 3.87. The van der Waals surface area contributed by atoms with Gasteiger partial charge in [0.2, 0.25) is 0 Å². The van der Waals surface area contributed by atoms with E-state index in [2.05, 4.69) is 58.1 Å². The molecule has 1 heterocycles. The summed E-state index contributed by atoms with van der Waals surface area (Å²) in [5, 5.41) is 3.02. The smallest absolute Gasteiger partial charge is 0.146 e. The van der Waals surface area contributed by atoms with E-state index in [0.29, 0.717) is 12.2 Å². The summed E-state index contributed by atoms with van der Waals surface area (Å²) in [6.45, 7) is 0.446. The fourth-order valence-electron chi connectivity index (χ4n) is 1.38. The SMILES string of the molecule is Fc1ccc(Br)cc1NCc1ncc(Br)cc1Br. The highest BCUT2D eigenvalue weighted by atomic mass is 79.9. The summed E-state index contributed by atoms with van der Waals surface area (Å²) in [6, 6.07) is 6.67. The largest absolute Gasteiger partial charge is 0.377 e. The molecule has 18 heavy (non-hydrogen) atoms. The molecule has 0 fully saturated rings. The molecule has 0 aliphatic carbocycles. The molecule has 2 rings (SSSR count). The molecule has 0 bridgehead atoms. The molecule has 6 heteroatoms. The second kappa shape index (κ2) is 6.12. The van der Waals surface area contributed by atoms with Crippen LogP contribution >= 0.6 is 47.8 Å². The molecule has 1 aromatic heterocycles. The molecule has 1 N–H and O–H groups in total. The Balaban J connectivity index is 2.13. The summed E-state index contributed by atoms with van der Waals surface area (Å²) in [6.07, 6.45) is 1.71. The average molecular weight is 439 g/mol. The Hall–Kier alpha value is -0.460. The molecule has 94 valence electrons. The minimum Gasteiger partial charge on any atom is -0.377 e. The molecule has 0 radical (unpaired) electrons. The zero-order chi connectivity index (χ0) is 13.1. The quantitative estimate of drug-likeness (QED) is 0.719. The Bertz CT molecular complexity index is 575.